The fraction of sp³-hybridized carbons (Fsp3) is 1.00. The minimum absolute atomic E-state index is 0.328. The maximum absolute atomic E-state index is 8.94. The molecule has 2 heteroatoms. The zero-order valence-corrected chi connectivity index (χ0v) is 7.19. The zero-order chi connectivity index (χ0) is 7.40. The molecule has 0 bridgehead atoms. The highest BCUT2D eigenvalue weighted by Gasteiger charge is 2.22. The molecule has 1 N–H and O–H groups in total. The molecule has 10 heavy (non-hydrogen) atoms. The SMILES string of the molecule is OCC(CS)C1CCCC1. The van der Waals surface area contributed by atoms with E-state index in [1.54, 1.807) is 0 Å². The van der Waals surface area contributed by atoms with Gasteiger partial charge in [0.15, 0.2) is 0 Å². The van der Waals surface area contributed by atoms with Crippen molar-refractivity contribution in [3.05, 3.63) is 0 Å². The predicted molar refractivity (Wildman–Crippen MR) is 46.4 cm³/mol. The van der Waals surface area contributed by atoms with Crippen molar-refractivity contribution in [1.29, 1.82) is 0 Å². The van der Waals surface area contributed by atoms with Crippen molar-refractivity contribution in [2.75, 3.05) is 12.4 Å². The van der Waals surface area contributed by atoms with E-state index in [0.29, 0.717) is 12.5 Å². The summed E-state index contributed by atoms with van der Waals surface area (Å²) in [5.74, 6) is 2.08. The van der Waals surface area contributed by atoms with Gasteiger partial charge >= 0.3 is 0 Å². The van der Waals surface area contributed by atoms with Crippen molar-refractivity contribution in [3.8, 4) is 0 Å². The number of rotatable bonds is 3. The molecule has 0 spiro atoms. The molecule has 0 radical (unpaired) electrons. The average Bonchev–Trinajstić information content (AvgIpc) is 2.43. The molecule has 1 rings (SSSR count). The van der Waals surface area contributed by atoms with Crippen LogP contribution in [0.1, 0.15) is 25.7 Å². The maximum Gasteiger partial charge on any atom is 0.0469 e. The van der Waals surface area contributed by atoms with E-state index in [1.807, 2.05) is 0 Å². The second-order valence-electron chi connectivity index (χ2n) is 3.17. The first kappa shape index (κ1) is 8.41. The summed E-state index contributed by atoms with van der Waals surface area (Å²) in [7, 11) is 0. The van der Waals surface area contributed by atoms with E-state index in [1.165, 1.54) is 25.7 Å². The minimum Gasteiger partial charge on any atom is -0.396 e. The van der Waals surface area contributed by atoms with Crippen LogP contribution in [0.5, 0.6) is 0 Å². The Labute approximate surface area is 68.2 Å². The lowest BCUT2D eigenvalue weighted by atomic mass is 9.93. The minimum atomic E-state index is 0.328. The molecule has 1 unspecified atom stereocenters. The van der Waals surface area contributed by atoms with Crippen LogP contribution >= 0.6 is 12.6 Å². The fourth-order valence-corrected chi connectivity index (χ4v) is 2.20. The molecule has 0 aromatic heterocycles. The molecule has 1 saturated carbocycles. The van der Waals surface area contributed by atoms with E-state index in [9.17, 15) is 0 Å². The zero-order valence-electron chi connectivity index (χ0n) is 6.29. The second kappa shape index (κ2) is 4.24. The van der Waals surface area contributed by atoms with Crippen molar-refractivity contribution < 1.29 is 5.11 Å². The van der Waals surface area contributed by atoms with Crippen molar-refractivity contribution >= 4 is 12.6 Å². The molecular formula is C8H16OS. The summed E-state index contributed by atoms with van der Waals surface area (Å²) in [6.45, 7) is 0.328. The Bertz CT molecular complexity index is 85.3. The van der Waals surface area contributed by atoms with Crippen LogP contribution in [-0.4, -0.2) is 17.5 Å². The lowest BCUT2D eigenvalue weighted by Gasteiger charge is -2.17. The van der Waals surface area contributed by atoms with E-state index in [2.05, 4.69) is 12.6 Å². The Morgan fingerprint density at radius 1 is 1.40 bits per heavy atom. The summed E-state index contributed by atoms with van der Waals surface area (Å²) in [4.78, 5) is 0. The molecule has 1 aliphatic rings. The van der Waals surface area contributed by atoms with Gasteiger partial charge in [-0.15, -0.1) is 0 Å². The monoisotopic (exact) mass is 160 g/mol. The smallest absolute Gasteiger partial charge is 0.0469 e. The lowest BCUT2D eigenvalue weighted by Crippen LogP contribution is -2.17. The van der Waals surface area contributed by atoms with Gasteiger partial charge in [0.1, 0.15) is 0 Å². The number of hydrogen-bond donors (Lipinski definition) is 2. The molecule has 1 nitrogen and oxygen atoms in total. The molecule has 1 aliphatic carbocycles. The molecule has 0 aliphatic heterocycles. The van der Waals surface area contributed by atoms with Gasteiger partial charge < -0.3 is 5.11 Å². The van der Waals surface area contributed by atoms with Gasteiger partial charge in [0.2, 0.25) is 0 Å². The Hall–Kier alpha value is 0.310. The molecule has 0 saturated heterocycles. The summed E-state index contributed by atoms with van der Waals surface area (Å²) in [5.41, 5.74) is 0. The fourth-order valence-electron chi connectivity index (χ4n) is 1.78. The van der Waals surface area contributed by atoms with Crippen LogP contribution in [0, 0.1) is 11.8 Å². The Kier molecular flexibility index (Phi) is 3.57. The van der Waals surface area contributed by atoms with Gasteiger partial charge in [0.25, 0.3) is 0 Å². The lowest BCUT2D eigenvalue weighted by molar-refractivity contribution is 0.193. The topological polar surface area (TPSA) is 20.2 Å². The molecular weight excluding hydrogens is 144 g/mol. The number of thiol groups is 1. The third-order valence-electron chi connectivity index (χ3n) is 2.54. The van der Waals surface area contributed by atoms with Gasteiger partial charge in [-0.25, -0.2) is 0 Å². The van der Waals surface area contributed by atoms with Crippen molar-refractivity contribution in [3.63, 3.8) is 0 Å². The molecule has 0 heterocycles. The summed E-state index contributed by atoms with van der Waals surface area (Å²) in [5, 5.41) is 8.94. The standard InChI is InChI=1S/C8H16OS/c9-5-8(6-10)7-3-1-2-4-7/h7-10H,1-6H2. The van der Waals surface area contributed by atoms with Gasteiger partial charge in [-0.2, -0.15) is 12.6 Å². The summed E-state index contributed by atoms with van der Waals surface area (Å²) >= 11 is 4.21. The van der Waals surface area contributed by atoms with E-state index in [4.69, 9.17) is 5.11 Å². The van der Waals surface area contributed by atoms with Crippen molar-refractivity contribution in [2.45, 2.75) is 25.7 Å². The molecule has 0 amide bonds. The highest BCUT2D eigenvalue weighted by atomic mass is 32.1. The van der Waals surface area contributed by atoms with Crippen LogP contribution in [0.4, 0.5) is 0 Å². The van der Waals surface area contributed by atoms with Crippen LogP contribution in [0.25, 0.3) is 0 Å². The van der Waals surface area contributed by atoms with Gasteiger partial charge in [0.05, 0.1) is 0 Å². The molecule has 1 atom stereocenters. The number of aliphatic hydroxyl groups is 1. The van der Waals surface area contributed by atoms with Gasteiger partial charge in [-0.1, -0.05) is 25.7 Å². The Morgan fingerprint density at radius 3 is 2.40 bits per heavy atom. The van der Waals surface area contributed by atoms with Crippen molar-refractivity contribution in [2.24, 2.45) is 11.8 Å². The predicted octanol–water partition coefficient (Wildman–Crippen LogP) is 1.71. The highest BCUT2D eigenvalue weighted by Crippen LogP contribution is 2.31. The summed E-state index contributed by atoms with van der Waals surface area (Å²) < 4.78 is 0. The molecule has 60 valence electrons. The first-order valence-electron chi connectivity index (χ1n) is 4.10. The highest BCUT2D eigenvalue weighted by molar-refractivity contribution is 7.80. The largest absolute Gasteiger partial charge is 0.396 e. The van der Waals surface area contributed by atoms with Gasteiger partial charge in [-0.05, 0) is 17.6 Å². The van der Waals surface area contributed by atoms with Crippen molar-refractivity contribution in [1.82, 2.24) is 0 Å². The first-order valence-corrected chi connectivity index (χ1v) is 4.73. The van der Waals surface area contributed by atoms with Crippen LogP contribution < -0.4 is 0 Å². The molecule has 0 aromatic rings. The first-order chi connectivity index (χ1) is 4.88. The maximum atomic E-state index is 8.94. The third kappa shape index (κ3) is 1.89. The quantitative estimate of drug-likeness (QED) is 0.602. The summed E-state index contributed by atoms with van der Waals surface area (Å²) in [6.07, 6.45) is 5.33. The van der Waals surface area contributed by atoms with Crippen LogP contribution in [0.3, 0.4) is 0 Å². The third-order valence-corrected chi connectivity index (χ3v) is 3.00. The van der Waals surface area contributed by atoms with E-state index < -0.39 is 0 Å². The molecule has 0 aromatic carbocycles. The van der Waals surface area contributed by atoms with E-state index in [-0.39, 0.29) is 0 Å². The Morgan fingerprint density at radius 2 is 2.00 bits per heavy atom. The Balaban J connectivity index is 2.29. The van der Waals surface area contributed by atoms with Gasteiger partial charge in [-0.3, -0.25) is 0 Å². The van der Waals surface area contributed by atoms with E-state index in [0.717, 1.165) is 11.7 Å². The van der Waals surface area contributed by atoms with Crippen LogP contribution in [0.2, 0.25) is 0 Å². The average molecular weight is 160 g/mol. The van der Waals surface area contributed by atoms with Crippen LogP contribution in [-0.2, 0) is 0 Å². The van der Waals surface area contributed by atoms with E-state index >= 15 is 0 Å². The number of aliphatic hydroxyl groups excluding tert-OH is 1. The molecule has 1 fully saturated rings. The van der Waals surface area contributed by atoms with Gasteiger partial charge in [0, 0.05) is 6.61 Å². The second-order valence-corrected chi connectivity index (χ2v) is 3.53. The van der Waals surface area contributed by atoms with Crippen LogP contribution in [0.15, 0.2) is 0 Å². The number of hydrogen-bond acceptors (Lipinski definition) is 2. The normalized spacial score (nSPS) is 23.4. The summed E-state index contributed by atoms with van der Waals surface area (Å²) in [6, 6.07) is 0.